The maximum atomic E-state index is 11.7. The predicted molar refractivity (Wildman–Crippen MR) is 91.2 cm³/mol. The van der Waals surface area contributed by atoms with Gasteiger partial charge in [-0.3, -0.25) is 4.55 Å². The fourth-order valence-corrected chi connectivity index (χ4v) is 3.80. The average molecular weight is 320 g/mol. The number of hydrogen-bond acceptors (Lipinski definition) is 2. The highest BCUT2D eigenvalue weighted by atomic mass is 32.2. The lowest BCUT2D eigenvalue weighted by Crippen LogP contribution is -2.07. The third kappa shape index (κ3) is 3.03. The molecule has 0 aliphatic rings. The van der Waals surface area contributed by atoms with E-state index in [0.717, 1.165) is 29.2 Å². The van der Waals surface area contributed by atoms with Crippen molar-refractivity contribution in [3.05, 3.63) is 41.5 Å². The zero-order valence-electron chi connectivity index (χ0n) is 13.6. The summed E-state index contributed by atoms with van der Waals surface area (Å²) < 4.78 is 33.1. The van der Waals surface area contributed by atoms with Gasteiger partial charge in [0.25, 0.3) is 10.1 Å². The molecule has 0 saturated heterocycles. The summed E-state index contributed by atoms with van der Waals surface area (Å²) in [6, 6.07) is 9.40. The molecule has 0 aliphatic carbocycles. The summed E-state index contributed by atoms with van der Waals surface area (Å²) in [5.41, 5.74) is 1.96. The van der Waals surface area contributed by atoms with Crippen LogP contribution in [0.5, 0.6) is 0 Å². The number of benzene rings is 2. The summed E-state index contributed by atoms with van der Waals surface area (Å²) in [6.45, 7) is 8.34. The summed E-state index contributed by atoms with van der Waals surface area (Å²) in [5.74, 6) is 0.470. The molecule has 0 bridgehead atoms. The van der Waals surface area contributed by atoms with Gasteiger partial charge in [0, 0.05) is 0 Å². The molecule has 22 heavy (non-hydrogen) atoms. The van der Waals surface area contributed by atoms with Gasteiger partial charge >= 0.3 is 0 Å². The van der Waals surface area contributed by atoms with E-state index in [2.05, 4.69) is 19.9 Å². The van der Waals surface area contributed by atoms with Gasteiger partial charge in [0.1, 0.15) is 0 Å². The molecule has 4 heteroatoms. The molecular weight excluding hydrogens is 296 g/mol. The van der Waals surface area contributed by atoms with E-state index >= 15 is 0 Å². The maximum Gasteiger partial charge on any atom is 0.294 e. The lowest BCUT2D eigenvalue weighted by Gasteiger charge is -2.19. The largest absolute Gasteiger partial charge is 0.294 e. The van der Waals surface area contributed by atoms with Crippen molar-refractivity contribution in [2.75, 3.05) is 0 Å². The summed E-state index contributed by atoms with van der Waals surface area (Å²) in [4.78, 5) is 0.0376. The molecule has 2 aromatic carbocycles. The van der Waals surface area contributed by atoms with Crippen LogP contribution in [0.2, 0.25) is 0 Å². The van der Waals surface area contributed by atoms with Crippen molar-refractivity contribution in [3.8, 4) is 0 Å². The molecule has 0 heterocycles. The zero-order chi connectivity index (χ0) is 16.5. The molecule has 2 rings (SSSR count). The van der Waals surface area contributed by atoms with Crippen LogP contribution in [0.15, 0.2) is 35.2 Å². The Morgan fingerprint density at radius 2 is 1.59 bits per heavy atom. The highest BCUT2D eigenvalue weighted by Gasteiger charge is 2.22. The highest BCUT2D eigenvalue weighted by molar-refractivity contribution is 7.85. The molecule has 0 aliphatic heterocycles. The molecule has 0 saturated carbocycles. The quantitative estimate of drug-likeness (QED) is 0.778. The Bertz CT molecular complexity index is 778. The van der Waals surface area contributed by atoms with Crippen molar-refractivity contribution >= 4 is 20.9 Å². The Morgan fingerprint density at radius 3 is 2.14 bits per heavy atom. The maximum absolute atomic E-state index is 11.7. The summed E-state index contributed by atoms with van der Waals surface area (Å²) >= 11 is 0. The minimum atomic E-state index is -4.22. The zero-order valence-corrected chi connectivity index (χ0v) is 14.4. The van der Waals surface area contributed by atoms with Crippen LogP contribution in [0.25, 0.3) is 10.8 Å². The normalized spacial score (nSPS) is 15.0. The molecule has 1 N–H and O–H groups in total. The molecule has 2 unspecified atom stereocenters. The third-order valence-electron chi connectivity index (χ3n) is 4.62. The summed E-state index contributed by atoms with van der Waals surface area (Å²) in [5, 5.41) is 2.02. The van der Waals surface area contributed by atoms with Gasteiger partial charge in [0.2, 0.25) is 0 Å². The topological polar surface area (TPSA) is 54.4 Å². The van der Waals surface area contributed by atoms with Crippen LogP contribution in [0, 0.1) is 0 Å². The van der Waals surface area contributed by atoms with Gasteiger partial charge in [-0.2, -0.15) is 8.42 Å². The van der Waals surface area contributed by atoms with Crippen LogP contribution in [-0.4, -0.2) is 13.0 Å². The Balaban J connectivity index is 2.89. The van der Waals surface area contributed by atoms with Crippen LogP contribution < -0.4 is 0 Å². The SMILES string of the molecule is CCC(C)c1cccc2c(C(C)CC)c(S(=O)(=O)O)ccc12. The molecule has 0 fully saturated rings. The van der Waals surface area contributed by atoms with Crippen molar-refractivity contribution in [3.63, 3.8) is 0 Å². The fraction of sp³-hybridized carbons (Fsp3) is 0.444. The predicted octanol–water partition coefficient (Wildman–Crippen LogP) is 5.11. The second-order valence-corrected chi connectivity index (χ2v) is 7.40. The second kappa shape index (κ2) is 6.39. The van der Waals surface area contributed by atoms with E-state index in [1.54, 1.807) is 6.07 Å². The second-order valence-electron chi connectivity index (χ2n) is 6.01. The van der Waals surface area contributed by atoms with E-state index in [1.165, 1.54) is 5.56 Å². The van der Waals surface area contributed by atoms with Crippen molar-refractivity contribution in [1.29, 1.82) is 0 Å². The molecule has 3 nitrogen and oxygen atoms in total. The van der Waals surface area contributed by atoms with E-state index in [4.69, 9.17) is 0 Å². The van der Waals surface area contributed by atoms with Crippen LogP contribution in [0.1, 0.15) is 63.5 Å². The van der Waals surface area contributed by atoms with Gasteiger partial charge in [0.05, 0.1) is 4.90 Å². The van der Waals surface area contributed by atoms with Gasteiger partial charge in [0.15, 0.2) is 0 Å². The van der Waals surface area contributed by atoms with Crippen molar-refractivity contribution in [2.24, 2.45) is 0 Å². The summed E-state index contributed by atoms with van der Waals surface area (Å²) in [6.07, 6.45) is 1.84. The smallest absolute Gasteiger partial charge is 0.282 e. The number of fused-ring (bicyclic) bond motifs is 1. The minimum Gasteiger partial charge on any atom is -0.282 e. The minimum absolute atomic E-state index is 0.0376. The Labute approximate surface area is 133 Å². The van der Waals surface area contributed by atoms with E-state index < -0.39 is 10.1 Å². The molecule has 2 aromatic rings. The molecule has 0 aromatic heterocycles. The monoisotopic (exact) mass is 320 g/mol. The van der Waals surface area contributed by atoms with E-state index in [0.29, 0.717) is 5.92 Å². The van der Waals surface area contributed by atoms with E-state index in [-0.39, 0.29) is 10.8 Å². The third-order valence-corrected chi connectivity index (χ3v) is 5.54. The van der Waals surface area contributed by atoms with Gasteiger partial charge in [-0.15, -0.1) is 0 Å². The molecule has 0 radical (unpaired) electrons. The Kier molecular flexibility index (Phi) is 4.93. The summed E-state index contributed by atoms with van der Waals surface area (Å²) in [7, 11) is -4.22. The first kappa shape index (κ1) is 17.0. The highest BCUT2D eigenvalue weighted by Crippen LogP contribution is 2.36. The Morgan fingerprint density at radius 1 is 0.955 bits per heavy atom. The lowest BCUT2D eigenvalue weighted by molar-refractivity contribution is 0.481. The lowest BCUT2D eigenvalue weighted by atomic mass is 9.87. The average Bonchev–Trinajstić information content (AvgIpc) is 2.50. The van der Waals surface area contributed by atoms with Gasteiger partial charge in [-0.25, -0.2) is 0 Å². The first-order valence-corrected chi connectivity index (χ1v) is 9.28. The molecular formula is C18H24O3S. The van der Waals surface area contributed by atoms with E-state index in [1.807, 2.05) is 32.0 Å². The van der Waals surface area contributed by atoms with Crippen molar-refractivity contribution in [2.45, 2.75) is 57.3 Å². The van der Waals surface area contributed by atoms with Gasteiger partial charge < -0.3 is 0 Å². The van der Waals surface area contributed by atoms with Crippen molar-refractivity contribution < 1.29 is 13.0 Å². The fourth-order valence-electron chi connectivity index (χ4n) is 2.97. The van der Waals surface area contributed by atoms with Crippen LogP contribution in [0.4, 0.5) is 0 Å². The molecule has 0 spiro atoms. The molecule has 2 atom stereocenters. The number of hydrogen-bond donors (Lipinski definition) is 1. The first-order valence-electron chi connectivity index (χ1n) is 7.84. The van der Waals surface area contributed by atoms with Crippen molar-refractivity contribution in [1.82, 2.24) is 0 Å². The van der Waals surface area contributed by atoms with Crippen LogP contribution in [0.3, 0.4) is 0 Å². The van der Waals surface area contributed by atoms with Crippen LogP contribution in [-0.2, 0) is 10.1 Å². The van der Waals surface area contributed by atoms with Crippen LogP contribution >= 0.6 is 0 Å². The molecule has 0 amide bonds. The standard InChI is InChI=1S/C18H24O3S/c1-5-12(3)14-8-7-9-16-15(14)10-11-17(22(19,20)21)18(16)13(4)6-2/h7-13H,5-6H2,1-4H3,(H,19,20,21). The molecule has 120 valence electrons. The Hall–Kier alpha value is -1.39. The van der Waals surface area contributed by atoms with Gasteiger partial charge in [-0.05, 0) is 52.6 Å². The number of rotatable bonds is 5. The first-order chi connectivity index (χ1) is 10.3. The van der Waals surface area contributed by atoms with Gasteiger partial charge in [-0.1, -0.05) is 52.0 Å². The van der Waals surface area contributed by atoms with E-state index in [9.17, 15) is 13.0 Å².